The van der Waals surface area contributed by atoms with Crippen molar-refractivity contribution >= 4 is 16.9 Å². The van der Waals surface area contributed by atoms with E-state index in [2.05, 4.69) is 9.88 Å². The van der Waals surface area contributed by atoms with Crippen LogP contribution in [0.15, 0.2) is 47.3 Å². The largest absolute Gasteiger partial charge is 0.497 e. The fraction of sp³-hybridized carbons (Fsp3) is 0.417. The summed E-state index contributed by atoms with van der Waals surface area (Å²) in [6.07, 6.45) is 0.674. The van der Waals surface area contributed by atoms with E-state index < -0.39 is 0 Å². The molecule has 170 valence electrons. The summed E-state index contributed by atoms with van der Waals surface area (Å²) in [7, 11) is 5.17. The highest BCUT2D eigenvalue weighted by Crippen LogP contribution is 2.26. The van der Waals surface area contributed by atoms with Crippen LogP contribution in [0.1, 0.15) is 23.6 Å². The first kappa shape index (κ1) is 22.1. The van der Waals surface area contributed by atoms with Gasteiger partial charge in [0.15, 0.2) is 0 Å². The first-order valence-corrected chi connectivity index (χ1v) is 10.8. The summed E-state index contributed by atoms with van der Waals surface area (Å²) in [5.74, 6) is 0.756. The minimum Gasteiger partial charge on any atom is -0.497 e. The van der Waals surface area contributed by atoms with Gasteiger partial charge in [-0.05, 0) is 41.8 Å². The number of likely N-dealkylation sites (N-methyl/N-ethyl adjacent to an activating group) is 1. The predicted octanol–water partition coefficient (Wildman–Crippen LogP) is 1.68. The van der Waals surface area contributed by atoms with Crippen LogP contribution in [-0.2, 0) is 18.3 Å². The van der Waals surface area contributed by atoms with E-state index in [0.717, 1.165) is 40.9 Å². The fourth-order valence-corrected chi connectivity index (χ4v) is 4.37. The van der Waals surface area contributed by atoms with Crippen LogP contribution >= 0.6 is 0 Å². The molecule has 0 spiro atoms. The Labute approximate surface area is 187 Å². The zero-order chi connectivity index (χ0) is 22.8. The van der Waals surface area contributed by atoms with E-state index in [9.17, 15) is 14.7 Å². The number of ether oxygens (including phenoxy) is 1. The lowest BCUT2D eigenvalue weighted by Crippen LogP contribution is -2.39. The number of H-pyrrole nitrogens is 1. The van der Waals surface area contributed by atoms with Crippen molar-refractivity contribution in [2.45, 2.75) is 25.0 Å². The molecule has 2 aromatic carbocycles. The van der Waals surface area contributed by atoms with Gasteiger partial charge in [-0.1, -0.05) is 18.2 Å². The summed E-state index contributed by atoms with van der Waals surface area (Å²) >= 11 is 0. The van der Waals surface area contributed by atoms with Crippen LogP contribution in [0.3, 0.4) is 0 Å². The SMILES string of the molecule is COc1ccc([C@@H](CN2CC[C@H](O)C2)N(C)C(=O)Cc2ccc3c(c2)[nH]c(=O)n3C)cc1. The van der Waals surface area contributed by atoms with Gasteiger partial charge in [-0.15, -0.1) is 0 Å². The lowest BCUT2D eigenvalue weighted by atomic mass is 10.0. The topological polar surface area (TPSA) is 90.8 Å². The molecule has 8 heteroatoms. The molecule has 1 aliphatic rings. The molecule has 2 atom stereocenters. The van der Waals surface area contributed by atoms with Crippen LogP contribution in [0, 0.1) is 0 Å². The fourth-order valence-electron chi connectivity index (χ4n) is 4.37. The number of likely N-dealkylation sites (tertiary alicyclic amines) is 1. The third kappa shape index (κ3) is 4.56. The normalized spacial score (nSPS) is 17.6. The summed E-state index contributed by atoms with van der Waals surface area (Å²) < 4.78 is 6.83. The van der Waals surface area contributed by atoms with E-state index in [1.807, 2.05) is 49.5 Å². The van der Waals surface area contributed by atoms with E-state index >= 15 is 0 Å². The number of nitrogens with zero attached hydrogens (tertiary/aromatic N) is 3. The summed E-state index contributed by atoms with van der Waals surface area (Å²) in [5.41, 5.74) is 3.23. The molecule has 0 saturated carbocycles. The first-order valence-electron chi connectivity index (χ1n) is 10.8. The van der Waals surface area contributed by atoms with Crippen molar-refractivity contribution in [1.82, 2.24) is 19.4 Å². The monoisotopic (exact) mass is 438 g/mol. The summed E-state index contributed by atoms with van der Waals surface area (Å²) in [6.45, 7) is 2.08. The number of carbonyl (C=O) groups excluding carboxylic acids is 1. The Morgan fingerprint density at radius 1 is 1.28 bits per heavy atom. The highest BCUT2D eigenvalue weighted by molar-refractivity contribution is 5.82. The smallest absolute Gasteiger partial charge is 0.326 e. The molecule has 0 bridgehead atoms. The molecule has 3 aromatic rings. The third-order valence-electron chi connectivity index (χ3n) is 6.36. The number of imidazole rings is 1. The highest BCUT2D eigenvalue weighted by atomic mass is 16.5. The second-order valence-electron chi connectivity index (χ2n) is 8.51. The van der Waals surface area contributed by atoms with Gasteiger partial charge in [0.05, 0.1) is 36.7 Å². The number of aromatic nitrogens is 2. The minimum atomic E-state index is -0.313. The van der Waals surface area contributed by atoms with E-state index in [1.54, 1.807) is 23.6 Å². The molecule has 0 unspecified atom stereocenters. The number of rotatable bonds is 7. The maximum absolute atomic E-state index is 13.3. The standard InChI is InChI=1S/C24H30N4O4/c1-26(23(30)13-16-4-9-21-20(12-16)25-24(31)27(21)2)22(15-28-11-10-18(29)14-28)17-5-7-19(32-3)8-6-17/h4-9,12,18,22,29H,10-11,13-15H2,1-3H3,(H,25,31)/t18-,22+/m0/s1. The number of β-amino-alcohol motifs (C(OH)–C–C–N with tert-alkyl or cyclic N) is 1. The predicted molar refractivity (Wildman–Crippen MR) is 123 cm³/mol. The van der Waals surface area contributed by atoms with Gasteiger partial charge in [-0.3, -0.25) is 14.3 Å². The number of hydrogen-bond donors (Lipinski definition) is 2. The molecule has 1 amide bonds. The van der Waals surface area contributed by atoms with Crippen molar-refractivity contribution < 1.29 is 14.6 Å². The number of benzene rings is 2. The van der Waals surface area contributed by atoms with Crippen molar-refractivity contribution in [2.75, 3.05) is 33.8 Å². The number of aliphatic hydroxyl groups is 1. The number of hydrogen-bond acceptors (Lipinski definition) is 5. The molecule has 8 nitrogen and oxygen atoms in total. The molecule has 1 aliphatic heterocycles. The molecule has 4 rings (SSSR count). The Morgan fingerprint density at radius 2 is 2.03 bits per heavy atom. The number of aryl methyl sites for hydroxylation is 1. The van der Waals surface area contributed by atoms with E-state index in [0.29, 0.717) is 13.1 Å². The molecule has 1 fully saturated rings. The van der Waals surface area contributed by atoms with Crippen molar-refractivity contribution in [2.24, 2.45) is 7.05 Å². The number of carbonyl (C=O) groups is 1. The molecular weight excluding hydrogens is 408 g/mol. The van der Waals surface area contributed by atoms with Crippen molar-refractivity contribution in [3.8, 4) is 5.75 Å². The summed E-state index contributed by atoms with van der Waals surface area (Å²) in [4.78, 5) is 31.9. The van der Waals surface area contributed by atoms with Crippen LogP contribution in [0.5, 0.6) is 5.75 Å². The molecule has 1 aromatic heterocycles. The lowest BCUT2D eigenvalue weighted by molar-refractivity contribution is -0.131. The molecule has 0 radical (unpaired) electrons. The highest BCUT2D eigenvalue weighted by Gasteiger charge is 2.28. The summed E-state index contributed by atoms with van der Waals surface area (Å²) in [5, 5.41) is 9.94. The van der Waals surface area contributed by atoms with Crippen molar-refractivity contribution in [1.29, 1.82) is 0 Å². The second kappa shape index (κ2) is 9.18. The maximum atomic E-state index is 13.3. The maximum Gasteiger partial charge on any atom is 0.326 e. The van der Waals surface area contributed by atoms with Gasteiger partial charge < -0.3 is 19.7 Å². The van der Waals surface area contributed by atoms with Crippen molar-refractivity contribution in [3.63, 3.8) is 0 Å². The quantitative estimate of drug-likeness (QED) is 0.586. The molecule has 2 heterocycles. The van der Waals surface area contributed by atoms with Gasteiger partial charge in [0.25, 0.3) is 0 Å². The van der Waals surface area contributed by atoms with Gasteiger partial charge in [0, 0.05) is 33.7 Å². The number of fused-ring (bicyclic) bond motifs is 1. The van der Waals surface area contributed by atoms with Gasteiger partial charge in [-0.25, -0.2) is 4.79 Å². The Kier molecular flexibility index (Phi) is 6.34. The van der Waals surface area contributed by atoms with E-state index in [-0.39, 0.29) is 30.2 Å². The second-order valence-corrected chi connectivity index (χ2v) is 8.51. The van der Waals surface area contributed by atoms with Gasteiger partial charge in [0.1, 0.15) is 5.75 Å². The molecule has 32 heavy (non-hydrogen) atoms. The Balaban J connectivity index is 1.55. The van der Waals surface area contributed by atoms with Crippen LogP contribution in [0.4, 0.5) is 0 Å². The molecule has 1 saturated heterocycles. The Hall–Kier alpha value is -3.10. The minimum absolute atomic E-state index is 0.0109. The first-order chi connectivity index (χ1) is 15.4. The average Bonchev–Trinajstić information content (AvgIpc) is 3.33. The number of nitrogens with one attached hydrogen (secondary N) is 1. The number of methoxy groups -OCH3 is 1. The van der Waals surface area contributed by atoms with Crippen LogP contribution in [-0.4, -0.2) is 70.3 Å². The third-order valence-corrected chi connectivity index (χ3v) is 6.36. The van der Waals surface area contributed by atoms with Crippen LogP contribution < -0.4 is 10.4 Å². The molecular formula is C24H30N4O4. The summed E-state index contributed by atoms with van der Waals surface area (Å²) in [6, 6.07) is 13.2. The van der Waals surface area contributed by atoms with Crippen LogP contribution in [0.2, 0.25) is 0 Å². The molecule has 0 aliphatic carbocycles. The Bertz CT molecular complexity index is 1150. The van der Waals surface area contributed by atoms with Crippen molar-refractivity contribution in [3.05, 3.63) is 64.1 Å². The number of aromatic amines is 1. The Morgan fingerprint density at radius 3 is 2.69 bits per heavy atom. The van der Waals surface area contributed by atoms with Gasteiger partial charge >= 0.3 is 5.69 Å². The number of amides is 1. The van der Waals surface area contributed by atoms with Gasteiger partial charge in [-0.2, -0.15) is 0 Å². The van der Waals surface area contributed by atoms with Crippen LogP contribution in [0.25, 0.3) is 11.0 Å². The van der Waals surface area contributed by atoms with Gasteiger partial charge in [0.2, 0.25) is 5.91 Å². The van der Waals surface area contributed by atoms with E-state index in [1.165, 1.54) is 0 Å². The lowest BCUT2D eigenvalue weighted by Gasteiger charge is -2.32. The average molecular weight is 439 g/mol. The zero-order valence-electron chi connectivity index (χ0n) is 18.7. The van der Waals surface area contributed by atoms with E-state index in [4.69, 9.17) is 4.74 Å². The zero-order valence-corrected chi connectivity index (χ0v) is 18.7. The number of aliphatic hydroxyl groups excluding tert-OH is 1. The molecule has 2 N–H and O–H groups in total.